The van der Waals surface area contributed by atoms with E-state index in [9.17, 15) is 0 Å². The van der Waals surface area contributed by atoms with Gasteiger partial charge in [0.15, 0.2) is 17.2 Å². The average Bonchev–Trinajstić information content (AvgIpc) is 3.82. The third-order valence-electron chi connectivity index (χ3n) is 10.7. The predicted octanol–water partition coefficient (Wildman–Crippen LogP) is 11.1. The van der Waals surface area contributed by atoms with Crippen LogP contribution in [0.4, 0.5) is 0 Å². The van der Waals surface area contributed by atoms with Crippen LogP contribution in [-0.2, 0) is 5.41 Å². The minimum Gasteiger partial charge on any atom is -0.454 e. The number of rotatable bonds is 3. The van der Waals surface area contributed by atoms with Crippen LogP contribution in [0.15, 0.2) is 144 Å². The molecule has 1 aliphatic carbocycles. The Morgan fingerprint density at radius 1 is 0.569 bits per heavy atom. The zero-order valence-electron chi connectivity index (χ0n) is 27.9. The minimum atomic E-state index is -0.159. The second kappa shape index (κ2) is 10.2. The molecule has 11 rings (SSSR count). The second-order valence-corrected chi connectivity index (χ2v) is 13.9. The molecule has 0 saturated carbocycles. The Morgan fingerprint density at radius 2 is 1.25 bits per heavy atom. The van der Waals surface area contributed by atoms with Gasteiger partial charge in [-0.15, -0.1) is 0 Å². The molecule has 0 amide bonds. The molecule has 6 heteroatoms. The van der Waals surface area contributed by atoms with Gasteiger partial charge in [-0.3, -0.25) is 9.55 Å². The summed E-state index contributed by atoms with van der Waals surface area (Å²) in [7, 11) is 0. The summed E-state index contributed by atoms with van der Waals surface area (Å²) >= 11 is 0. The summed E-state index contributed by atoms with van der Waals surface area (Å²) < 4.78 is 8.93. The van der Waals surface area contributed by atoms with E-state index < -0.39 is 0 Å². The van der Waals surface area contributed by atoms with Gasteiger partial charge in [0.1, 0.15) is 11.1 Å². The van der Waals surface area contributed by atoms with Gasteiger partial charge in [0.05, 0.1) is 5.52 Å². The summed E-state index contributed by atoms with van der Waals surface area (Å²) in [6, 6.07) is 44.3. The number of furan rings is 1. The highest BCUT2D eigenvalue weighted by atomic mass is 16.3. The maximum atomic E-state index is 6.79. The number of aromatic nitrogens is 5. The van der Waals surface area contributed by atoms with Crippen molar-refractivity contribution < 1.29 is 4.42 Å². The normalized spacial score (nSPS) is 13.5. The largest absolute Gasteiger partial charge is 0.454 e. The van der Waals surface area contributed by atoms with E-state index in [1.807, 2.05) is 60.9 Å². The highest BCUT2D eigenvalue weighted by molar-refractivity contribution is 6.34. The maximum absolute atomic E-state index is 6.79. The molecule has 0 aliphatic heterocycles. The smallest absolute Gasteiger partial charge is 0.238 e. The predicted molar refractivity (Wildman–Crippen MR) is 205 cm³/mol. The van der Waals surface area contributed by atoms with Crippen LogP contribution in [0.25, 0.3) is 94.4 Å². The molecule has 0 unspecified atom stereocenters. The maximum Gasteiger partial charge on any atom is 0.238 e. The van der Waals surface area contributed by atoms with Crippen LogP contribution in [0.3, 0.4) is 0 Å². The van der Waals surface area contributed by atoms with Crippen LogP contribution in [-0.4, -0.2) is 24.5 Å². The van der Waals surface area contributed by atoms with Crippen molar-refractivity contribution in [3.63, 3.8) is 0 Å². The highest BCUT2D eigenvalue weighted by Gasteiger charge is 2.35. The fourth-order valence-corrected chi connectivity index (χ4v) is 8.38. The van der Waals surface area contributed by atoms with Crippen LogP contribution in [0.1, 0.15) is 25.0 Å². The monoisotopic (exact) mass is 655 g/mol. The molecule has 6 nitrogen and oxygen atoms in total. The summed E-state index contributed by atoms with van der Waals surface area (Å²) in [5, 5.41) is 6.47. The van der Waals surface area contributed by atoms with Gasteiger partial charge in [-0.1, -0.05) is 123 Å². The molecule has 0 N–H and O–H groups in total. The third-order valence-corrected chi connectivity index (χ3v) is 10.7. The number of para-hydroxylation sites is 1. The lowest BCUT2D eigenvalue weighted by molar-refractivity contribution is 0.660. The zero-order chi connectivity index (χ0) is 33.8. The molecule has 4 aromatic heterocycles. The fraction of sp³-hybridized carbons (Fsp3) is 0.0667. The fourth-order valence-electron chi connectivity index (χ4n) is 8.38. The van der Waals surface area contributed by atoms with Gasteiger partial charge in [-0.2, -0.15) is 9.97 Å². The van der Waals surface area contributed by atoms with E-state index in [0.29, 0.717) is 17.6 Å². The van der Waals surface area contributed by atoms with Crippen molar-refractivity contribution >= 4 is 54.5 Å². The second-order valence-electron chi connectivity index (χ2n) is 13.9. The Balaban J connectivity index is 1.26. The summed E-state index contributed by atoms with van der Waals surface area (Å²) in [5.74, 6) is 1.73. The van der Waals surface area contributed by atoms with Gasteiger partial charge in [-0.05, 0) is 51.2 Å². The SMILES string of the molecule is CC1(C)c2ccccc2-c2ccc(-c3nc(-c4ccccc4)nc(-n4c5ccncc5c5c6ccccc6c6c7ccccc7oc6c54)n3)cc21. The number of fused-ring (bicyclic) bond motifs is 13. The molecule has 0 fully saturated rings. The third kappa shape index (κ3) is 3.87. The van der Waals surface area contributed by atoms with E-state index in [1.54, 1.807) is 0 Å². The minimum absolute atomic E-state index is 0.159. The van der Waals surface area contributed by atoms with Crippen molar-refractivity contribution in [2.45, 2.75) is 19.3 Å². The first-order valence-electron chi connectivity index (χ1n) is 17.2. The first-order valence-corrected chi connectivity index (χ1v) is 17.2. The number of hydrogen-bond donors (Lipinski definition) is 0. The van der Waals surface area contributed by atoms with E-state index in [4.69, 9.17) is 19.4 Å². The van der Waals surface area contributed by atoms with Crippen LogP contribution in [0.2, 0.25) is 0 Å². The van der Waals surface area contributed by atoms with Crippen LogP contribution >= 0.6 is 0 Å². The molecule has 1 aliphatic rings. The molecule has 51 heavy (non-hydrogen) atoms. The number of pyridine rings is 1. The van der Waals surface area contributed by atoms with Gasteiger partial charge in [-0.25, -0.2) is 4.98 Å². The van der Waals surface area contributed by atoms with Gasteiger partial charge < -0.3 is 4.42 Å². The molecular weight excluding hydrogens is 627 g/mol. The molecule has 0 atom stereocenters. The van der Waals surface area contributed by atoms with Crippen molar-refractivity contribution in [2.24, 2.45) is 0 Å². The lowest BCUT2D eigenvalue weighted by Gasteiger charge is -2.21. The molecule has 0 bridgehead atoms. The van der Waals surface area contributed by atoms with E-state index >= 15 is 0 Å². The summed E-state index contributed by atoms with van der Waals surface area (Å²) in [5.41, 5.74) is 10.3. The molecular formula is C45H29N5O. The standard InChI is InChI=1S/C45H29N5O/c1-45(2)34-18-10-8-14-28(34)29-21-20-27(24-35(29)45)43-47-42(26-12-4-3-5-13-26)48-44(49-43)50-36-22-23-46-25-33(36)38-30-15-6-7-16-31(30)39-32-17-9-11-19-37(32)51-41(39)40(38)50/h3-25H,1-2H3. The molecule has 4 heterocycles. The lowest BCUT2D eigenvalue weighted by atomic mass is 9.82. The quantitative estimate of drug-likeness (QED) is 0.189. The Kier molecular flexibility index (Phi) is 5.63. The van der Waals surface area contributed by atoms with Gasteiger partial charge in [0.25, 0.3) is 0 Å². The van der Waals surface area contributed by atoms with E-state index in [-0.39, 0.29) is 5.41 Å². The summed E-state index contributed by atoms with van der Waals surface area (Å²) in [6.07, 6.45) is 3.77. The topological polar surface area (TPSA) is 69.6 Å². The molecule has 0 saturated heterocycles. The first-order chi connectivity index (χ1) is 25.1. The Bertz CT molecular complexity index is 3060. The molecule has 0 spiro atoms. The number of hydrogen-bond acceptors (Lipinski definition) is 5. The van der Waals surface area contributed by atoms with Gasteiger partial charge in [0.2, 0.25) is 5.95 Å². The Morgan fingerprint density at radius 3 is 2.10 bits per heavy atom. The summed E-state index contributed by atoms with van der Waals surface area (Å²) in [4.78, 5) is 20.3. The lowest BCUT2D eigenvalue weighted by Crippen LogP contribution is -2.15. The van der Waals surface area contributed by atoms with Crippen molar-refractivity contribution in [1.29, 1.82) is 0 Å². The summed E-state index contributed by atoms with van der Waals surface area (Å²) in [6.45, 7) is 4.59. The van der Waals surface area contributed by atoms with Crippen molar-refractivity contribution in [2.75, 3.05) is 0 Å². The van der Waals surface area contributed by atoms with Crippen molar-refractivity contribution in [3.8, 4) is 39.9 Å². The molecule has 240 valence electrons. The van der Waals surface area contributed by atoms with E-state index in [0.717, 1.165) is 65.6 Å². The van der Waals surface area contributed by atoms with Crippen LogP contribution in [0, 0.1) is 0 Å². The molecule has 6 aromatic carbocycles. The number of benzene rings is 6. The van der Waals surface area contributed by atoms with E-state index in [2.05, 4.69) is 102 Å². The molecule has 0 radical (unpaired) electrons. The zero-order valence-corrected chi connectivity index (χ0v) is 27.9. The highest BCUT2D eigenvalue weighted by Crippen LogP contribution is 2.50. The molecule has 10 aromatic rings. The van der Waals surface area contributed by atoms with Crippen molar-refractivity contribution in [3.05, 3.63) is 151 Å². The van der Waals surface area contributed by atoms with Gasteiger partial charge >= 0.3 is 0 Å². The number of nitrogens with zero attached hydrogens (tertiary/aromatic N) is 5. The first kappa shape index (κ1) is 28.2. The Hall–Kier alpha value is -6.66. The average molecular weight is 656 g/mol. The van der Waals surface area contributed by atoms with Crippen LogP contribution < -0.4 is 0 Å². The van der Waals surface area contributed by atoms with Crippen LogP contribution in [0.5, 0.6) is 0 Å². The Labute approximate surface area is 292 Å². The van der Waals surface area contributed by atoms with Gasteiger partial charge in [0, 0.05) is 50.5 Å². The van der Waals surface area contributed by atoms with Crippen molar-refractivity contribution in [1.82, 2.24) is 24.5 Å². The van der Waals surface area contributed by atoms with E-state index in [1.165, 1.54) is 22.3 Å².